The molecule has 3 rings (SSSR count). The average molecular weight is 244 g/mol. The summed E-state index contributed by atoms with van der Waals surface area (Å²) in [5.41, 5.74) is 9.17. The summed E-state index contributed by atoms with van der Waals surface area (Å²) < 4.78 is 1.72. The molecular formula is C14H20N4. The lowest BCUT2D eigenvalue weighted by Crippen LogP contribution is -2.11. The molecule has 2 heterocycles. The van der Waals surface area contributed by atoms with Crippen molar-refractivity contribution in [2.75, 3.05) is 5.73 Å². The lowest BCUT2D eigenvalue weighted by Gasteiger charge is -2.18. The van der Waals surface area contributed by atoms with Crippen LogP contribution in [-0.2, 0) is 0 Å². The lowest BCUT2D eigenvalue weighted by atomic mass is 9.89. The van der Waals surface area contributed by atoms with Gasteiger partial charge in [0.15, 0.2) is 5.65 Å². The second-order valence-corrected chi connectivity index (χ2v) is 5.50. The van der Waals surface area contributed by atoms with Gasteiger partial charge in [-0.15, -0.1) is 0 Å². The molecule has 4 nitrogen and oxygen atoms in total. The molecule has 2 aromatic heterocycles. The molecule has 0 radical (unpaired) electrons. The molecule has 0 spiro atoms. The SMILES string of the molecule is Cc1cnn2c(N)cc([C@H](C)C3CCCC3)nc12. The standard InChI is InChI=1S/C14H20N4/c1-9-8-16-18-13(15)7-12(17-14(9)18)10(2)11-5-3-4-6-11/h7-8,10-11H,3-6,15H2,1-2H3/t10-/m1/s1. The molecule has 4 heteroatoms. The Morgan fingerprint density at radius 2 is 2.11 bits per heavy atom. The van der Waals surface area contributed by atoms with E-state index in [9.17, 15) is 0 Å². The van der Waals surface area contributed by atoms with Crippen molar-refractivity contribution < 1.29 is 0 Å². The molecule has 96 valence electrons. The number of nitrogens with zero attached hydrogens (tertiary/aromatic N) is 3. The summed E-state index contributed by atoms with van der Waals surface area (Å²) in [7, 11) is 0. The maximum absolute atomic E-state index is 6.07. The molecule has 1 atom stereocenters. The maximum atomic E-state index is 6.07. The van der Waals surface area contributed by atoms with Gasteiger partial charge in [-0.05, 0) is 25.7 Å². The van der Waals surface area contributed by atoms with Crippen LogP contribution in [0.15, 0.2) is 12.3 Å². The maximum Gasteiger partial charge on any atom is 0.160 e. The van der Waals surface area contributed by atoms with Gasteiger partial charge in [0, 0.05) is 23.2 Å². The number of rotatable bonds is 2. The average Bonchev–Trinajstić information content (AvgIpc) is 2.99. The first-order valence-electron chi connectivity index (χ1n) is 6.77. The van der Waals surface area contributed by atoms with E-state index in [0.717, 1.165) is 22.8 Å². The molecule has 0 unspecified atom stereocenters. The van der Waals surface area contributed by atoms with Gasteiger partial charge >= 0.3 is 0 Å². The molecule has 0 bridgehead atoms. The van der Waals surface area contributed by atoms with Crippen LogP contribution in [0.5, 0.6) is 0 Å². The highest BCUT2D eigenvalue weighted by Crippen LogP contribution is 2.36. The summed E-state index contributed by atoms with van der Waals surface area (Å²) in [4.78, 5) is 4.76. The molecule has 18 heavy (non-hydrogen) atoms. The minimum Gasteiger partial charge on any atom is -0.384 e. The molecular weight excluding hydrogens is 224 g/mol. The van der Waals surface area contributed by atoms with Crippen molar-refractivity contribution in [2.45, 2.75) is 45.4 Å². The van der Waals surface area contributed by atoms with Crippen LogP contribution in [0.2, 0.25) is 0 Å². The molecule has 1 aliphatic carbocycles. The second kappa shape index (κ2) is 4.26. The van der Waals surface area contributed by atoms with Crippen LogP contribution in [0.1, 0.15) is 49.8 Å². The summed E-state index contributed by atoms with van der Waals surface area (Å²) in [6.07, 6.45) is 7.19. The Hall–Kier alpha value is -1.58. The highest BCUT2D eigenvalue weighted by molar-refractivity contribution is 5.52. The van der Waals surface area contributed by atoms with Crippen LogP contribution in [0.4, 0.5) is 5.82 Å². The summed E-state index contributed by atoms with van der Waals surface area (Å²) >= 11 is 0. The Kier molecular flexibility index (Phi) is 2.73. The number of hydrogen-bond acceptors (Lipinski definition) is 3. The molecule has 1 saturated carbocycles. The molecule has 0 aromatic carbocycles. The third-order valence-electron chi connectivity index (χ3n) is 4.27. The van der Waals surface area contributed by atoms with Gasteiger partial charge in [0.05, 0.1) is 6.20 Å². The van der Waals surface area contributed by atoms with Crippen LogP contribution in [0, 0.1) is 12.8 Å². The van der Waals surface area contributed by atoms with Gasteiger partial charge < -0.3 is 5.73 Å². The second-order valence-electron chi connectivity index (χ2n) is 5.50. The first kappa shape index (κ1) is 11.5. The highest BCUT2D eigenvalue weighted by atomic mass is 15.3. The van der Waals surface area contributed by atoms with E-state index in [2.05, 4.69) is 12.0 Å². The Balaban J connectivity index is 2.03. The zero-order valence-electron chi connectivity index (χ0n) is 11.1. The van der Waals surface area contributed by atoms with E-state index < -0.39 is 0 Å². The Labute approximate surface area is 107 Å². The third kappa shape index (κ3) is 1.76. The number of aryl methyl sites for hydroxylation is 1. The highest BCUT2D eigenvalue weighted by Gasteiger charge is 2.24. The molecule has 2 N–H and O–H groups in total. The van der Waals surface area contributed by atoms with Gasteiger partial charge in [0.2, 0.25) is 0 Å². The van der Waals surface area contributed by atoms with Gasteiger partial charge in [-0.2, -0.15) is 9.61 Å². The zero-order valence-corrected chi connectivity index (χ0v) is 11.1. The van der Waals surface area contributed by atoms with Crippen LogP contribution < -0.4 is 5.73 Å². The fourth-order valence-electron chi connectivity index (χ4n) is 3.05. The quantitative estimate of drug-likeness (QED) is 0.883. The Morgan fingerprint density at radius 1 is 1.39 bits per heavy atom. The largest absolute Gasteiger partial charge is 0.384 e. The van der Waals surface area contributed by atoms with Crippen LogP contribution >= 0.6 is 0 Å². The summed E-state index contributed by atoms with van der Waals surface area (Å²) in [5.74, 6) is 1.95. The van der Waals surface area contributed by atoms with E-state index in [1.165, 1.54) is 25.7 Å². The third-order valence-corrected chi connectivity index (χ3v) is 4.27. The van der Waals surface area contributed by atoms with Gasteiger partial charge in [-0.1, -0.05) is 19.8 Å². The van der Waals surface area contributed by atoms with E-state index in [0.29, 0.717) is 11.7 Å². The van der Waals surface area contributed by atoms with Crippen LogP contribution in [-0.4, -0.2) is 14.6 Å². The predicted molar refractivity (Wildman–Crippen MR) is 72.5 cm³/mol. The van der Waals surface area contributed by atoms with E-state index >= 15 is 0 Å². The van der Waals surface area contributed by atoms with Gasteiger partial charge in [-0.3, -0.25) is 0 Å². The van der Waals surface area contributed by atoms with Crippen molar-refractivity contribution in [1.29, 1.82) is 0 Å². The van der Waals surface area contributed by atoms with E-state index in [-0.39, 0.29) is 0 Å². The van der Waals surface area contributed by atoms with Crippen molar-refractivity contribution in [1.82, 2.24) is 14.6 Å². The van der Waals surface area contributed by atoms with Gasteiger partial charge in [-0.25, -0.2) is 4.98 Å². The van der Waals surface area contributed by atoms with Crippen molar-refractivity contribution in [3.63, 3.8) is 0 Å². The fourth-order valence-corrected chi connectivity index (χ4v) is 3.05. The molecule has 0 amide bonds. The number of anilines is 1. The van der Waals surface area contributed by atoms with Gasteiger partial charge in [0.25, 0.3) is 0 Å². The van der Waals surface area contributed by atoms with E-state index in [1.807, 2.05) is 19.2 Å². The molecule has 1 aliphatic rings. The Bertz CT molecular complexity index is 566. The van der Waals surface area contributed by atoms with Gasteiger partial charge in [0.1, 0.15) is 5.82 Å². The first-order valence-corrected chi connectivity index (χ1v) is 6.77. The zero-order chi connectivity index (χ0) is 12.7. The minimum absolute atomic E-state index is 0.495. The molecule has 1 fully saturated rings. The molecule has 0 aliphatic heterocycles. The van der Waals surface area contributed by atoms with Crippen molar-refractivity contribution >= 4 is 11.5 Å². The topological polar surface area (TPSA) is 56.2 Å². The van der Waals surface area contributed by atoms with Crippen LogP contribution in [0.25, 0.3) is 5.65 Å². The minimum atomic E-state index is 0.495. The Morgan fingerprint density at radius 3 is 2.83 bits per heavy atom. The summed E-state index contributed by atoms with van der Waals surface area (Å²) in [6.45, 7) is 4.30. The predicted octanol–water partition coefficient (Wildman–Crippen LogP) is 2.91. The number of nitrogens with two attached hydrogens (primary N) is 1. The number of hydrogen-bond donors (Lipinski definition) is 1. The van der Waals surface area contributed by atoms with Crippen molar-refractivity contribution in [3.05, 3.63) is 23.5 Å². The fraction of sp³-hybridized carbons (Fsp3) is 0.571. The first-order chi connectivity index (χ1) is 8.66. The van der Waals surface area contributed by atoms with Crippen molar-refractivity contribution in [2.24, 2.45) is 5.92 Å². The smallest absolute Gasteiger partial charge is 0.160 e. The van der Waals surface area contributed by atoms with Crippen molar-refractivity contribution in [3.8, 4) is 0 Å². The van der Waals surface area contributed by atoms with Crippen LogP contribution in [0.3, 0.4) is 0 Å². The molecule has 2 aromatic rings. The number of aromatic nitrogens is 3. The normalized spacial score (nSPS) is 18.6. The number of nitrogen functional groups attached to an aromatic ring is 1. The number of fused-ring (bicyclic) bond motifs is 1. The summed E-state index contributed by atoms with van der Waals surface area (Å²) in [6, 6.07) is 1.99. The van der Waals surface area contributed by atoms with E-state index in [1.54, 1.807) is 4.52 Å². The van der Waals surface area contributed by atoms with E-state index in [4.69, 9.17) is 10.7 Å². The molecule has 0 saturated heterocycles. The summed E-state index contributed by atoms with van der Waals surface area (Å²) in [5, 5.41) is 4.24. The monoisotopic (exact) mass is 244 g/mol. The lowest BCUT2D eigenvalue weighted by molar-refractivity contribution is 0.453.